The van der Waals surface area contributed by atoms with E-state index in [0.717, 1.165) is 5.56 Å². The number of carbonyl (C=O) groups excluding carboxylic acids is 1. The maximum absolute atomic E-state index is 12.2. The van der Waals surface area contributed by atoms with E-state index in [1.807, 2.05) is 13.1 Å². The number of carboxylic acids is 1. The molecule has 2 heterocycles. The molecule has 0 radical (unpaired) electrons. The summed E-state index contributed by atoms with van der Waals surface area (Å²) in [6.45, 7) is 3.95. The molecule has 2 aromatic heterocycles. The van der Waals surface area contributed by atoms with E-state index in [2.05, 4.69) is 10.3 Å². The summed E-state index contributed by atoms with van der Waals surface area (Å²) in [6, 6.07) is 1.54. The van der Waals surface area contributed by atoms with E-state index in [1.54, 1.807) is 23.9 Å². The van der Waals surface area contributed by atoms with Gasteiger partial charge in [0.2, 0.25) is 0 Å². The van der Waals surface area contributed by atoms with Gasteiger partial charge in [-0.2, -0.15) is 5.10 Å². The molecule has 2 rings (SSSR count). The van der Waals surface area contributed by atoms with Gasteiger partial charge >= 0.3 is 5.97 Å². The van der Waals surface area contributed by atoms with Gasteiger partial charge in [0.05, 0.1) is 12.1 Å². The number of amides is 1. The molecule has 0 saturated heterocycles. The Morgan fingerprint density at radius 1 is 1.50 bits per heavy atom. The van der Waals surface area contributed by atoms with Gasteiger partial charge in [0.15, 0.2) is 11.5 Å². The lowest BCUT2D eigenvalue weighted by atomic mass is 10.1. The largest absolute Gasteiger partial charge is 0.481 e. The number of aryl methyl sites for hydroxylation is 1. The molecule has 0 aliphatic heterocycles. The van der Waals surface area contributed by atoms with E-state index < -0.39 is 11.9 Å². The molecule has 8 nitrogen and oxygen atoms in total. The van der Waals surface area contributed by atoms with Gasteiger partial charge in [-0.1, -0.05) is 12.1 Å². The van der Waals surface area contributed by atoms with E-state index in [1.165, 1.54) is 11.9 Å². The highest BCUT2D eigenvalue weighted by molar-refractivity contribution is 5.92. The summed E-state index contributed by atoms with van der Waals surface area (Å²) in [4.78, 5) is 24.3. The zero-order chi connectivity index (χ0) is 16.3. The van der Waals surface area contributed by atoms with Crippen molar-refractivity contribution in [1.82, 2.24) is 19.8 Å². The lowest BCUT2D eigenvalue weighted by Gasteiger charge is -2.17. The zero-order valence-corrected chi connectivity index (χ0v) is 12.7. The molecule has 0 bridgehead atoms. The molecule has 0 fully saturated rings. The van der Waals surface area contributed by atoms with Crippen LogP contribution in [0.4, 0.5) is 0 Å². The molecule has 8 heteroatoms. The van der Waals surface area contributed by atoms with Gasteiger partial charge in [-0.05, 0) is 12.5 Å². The average molecular weight is 306 g/mol. The maximum atomic E-state index is 12.2. The average Bonchev–Trinajstić information content (AvgIpc) is 3.07. The van der Waals surface area contributed by atoms with Crippen molar-refractivity contribution in [1.29, 1.82) is 0 Å². The monoisotopic (exact) mass is 306 g/mol. The van der Waals surface area contributed by atoms with Crippen molar-refractivity contribution < 1.29 is 19.2 Å². The Balaban J connectivity index is 2.00. The van der Waals surface area contributed by atoms with E-state index in [-0.39, 0.29) is 18.1 Å². The summed E-state index contributed by atoms with van der Waals surface area (Å²) in [5, 5.41) is 16.7. The van der Waals surface area contributed by atoms with Crippen molar-refractivity contribution in [3.05, 3.63) is 35.5 Å². The molecule has 22 heavy (non-hydrogen) atoms. The molecule has 118 valence electrons. The number of carbonyl (C=O) groups is 2. The first-order valence-electron chi connectivity index (χ1n) is 6.79. The molecule has 2 aromatic rings. The van der Waals surface area contributed by atoms with Crippen LogP contribution in [0.2, 0.25) is 0 Å². The summed E-state index contributed by atoms with van der Waals surface area (Å²) < 4.78 is 6.81. The maximum Gasteiger partial charge on any atom is 0.308 e. The van der Waals surface area contributed by atoms with Gasteiger partial charge in [0.25, 0.3) is 5.91 Å². The molecule has 0 aliphatic rings. The molecule has 1 amide bonds. The molecule has 0 aliphatic carbocycles. The van der Waals surface area contributed by atoms with Crippen LogP contribution in [0, 0.1) is 12.8 Å². The molecule has 0 spiro atoms. The Hall–Kier alpha value is -2.64. The number of hydrogen-bond donors (Lipinski definition) is 1. The number of nitrogens with zero attached hydrogens (tertiary/aromatic N) is 4. The fourth-order valence-electron chi connectivity index (χ4n) is 1.97. The quantitative estimate of drug-likeness (QED) is 0.855. The minimum atomic E-state index is -0.949. The SMILES string of the molecule is Cc1cnn(Cc2cc(C(=O)N(C)CC(C)C(=O)O)no2)c1. The topological polar surface area (TPSA) is 101 Å². The van der Waals surface area contributed by atoms with Gasteiger partial charge in [-0.25, -0.2) is 0 Å². The highest BCUT2D eigenvalue weighted by atomic mass is 16.5. The highest BCUT2D eigenvalue weighted by Crippen LogP contribution is 2.10. The Morgan fingerprint density at radius 3 is 2.82 bits per heavy atom. The van der Waals surface area contributed by atoms with Crippen molar-refractivity contribution in [2.24, 2.45) is 5.92 Å². The van der Waals surface area contributed by atoms with Crippen LogP contribution in [0.1, 0.15) is 28.7 Å². The fourth-order valence-corrected chi connectivity index (χ4v) is 1.97. The van der Waals surface area contributed by atoms with Gasteiger partial charge in [0.1, 0.15) is 6.54 Å². The van der Waals surface area contributed by atoms with Gasteiger partial charge in [-0.3, -0.25) is 14.3 Å². The number of rotatable bonds is 6. The van der Waals surface area contributed by atoms with Crippen LogP contribution in [-0.4, -0.2) is 50.4 Å². The predicted molar refractivity (Wildman–Crippen MR) is 76.3 cm³/mol. The summed E-state index contributed by atoms with van der Waals surface area (Å²) in [5.74, 6) is -1.47. The smallest absolute Gasteiger partial charge is 0.308 e. The minimum Gasteiger partial charge on any atom is -0.481 e. The summed E-state index contributed by atoms with van der Waals surface area (Å²) in [7, 11) is 1.53. The second kappa shape index (κ2) is 6.42. The lowest BCUT2D eigenvalue weighted by Crippen LogP contribution is -2.33. The van der Waals surface area contributed by atoms with Crippen LogP contribution >= 0.6 is 0 Å². The highest BCUT2D eigenvalue weighted by Gasteiger charge is 2.21. The fraction of sp³-hybridized carbons (Fsp3) is 0.429. The van der Waals surface area contributed by atoms with Crippen LogP contribution in [-0.2, 0) is 11.3 Å². The van der Waals surface area contributed by atoms with Gasteiger partial charge in [-0.15, -0.1) is 0 Å². The van der Waals surface area contributed by atoms with Gasteiger partial charge < -0.3 is 14.5 Å². The lowest BCUT2D eigenvalue weighted by molar-refractivity contribution is -0.141. The first-order valence-corrected chi connectivity index (χ1v) is 6.79. The van der Waals surface area contributed by atoms with Crippen LogP contribution < -0.4 is 0 Å². The van der Waals surface area contributed by atoms with Crippen LogP contribution in [0.3, 0.4) is 0 Å². The van der Waals surface area contributed by atoms with Crippen molar-refractivity contribution >= 4 is 11.9 Å². The molecule has 1 N–H and O–H groups in total. The molecule has 1 atom stereocenters. The molecule has 1 unspecified atom stereocenters. The van der Waals surface area contributed by atoms with Crippen molar-refractivity contribution in [3.8, 4) is 0 Å². The summed E-state index contributed by atoms with van der Waals surface area (Å²) >= 11 is 0. The van der Waals surface area contributed by atoms with E-state index in [9.17, 15) is 9.59 Å². The minimum absolute atomic E-state index is 0.106. The number of aromatic nitrogens is 3. The second-order valence-electron chi connectivity index (χ2n) is 5.32. The van der Waals surface area contributed by atoms with Crippen molar-refractivity contribution in [2.75, 3.05) is 13.6 Å². The predicted octanol–water partition coefficient (Wildman–Crippen LogP) is 1.02. The van der Waals surface area contributed by atoms with Crippen LogP contribution in [0.25, 0.3) is 0 Å². The third-order valence-electron chi connectivity index (χ3n) is 3.17. The number of aliphatic carboxylic acids is 1. The van der Waals surface area contributed by atoms with Crippen molar-refractivity contribution in [3.63, 3.8) is 0 Å². The summed E-state index contributed by atoms with van der Waals surface area (Å²) in [6.07, 6.45) is 3.58. The first-order chi connectivity index (χ1) is 10.4. The van der Waals surface area contributed by atoms with Crippen LogP contribution in [0.5, 0.6) is 0 Å². The number of carboxylic acid groups (broad SMARTS) is 1. The molecule has 0 saturated carbocycles. The normalized spacial score (nSPS) is 12.1. The van der Waals surface area contributed by atoms with Crippen LogP contribution in [0.15, 0.2) is 23.0 Å². The summed E-state index contributed by atoms with van der Waals surface area (Å²) in [5.41, 5.74) is 1.18. The third-order valence-corrected chi connectivity index (χ3v) is 3.17. The number of hydrogen-bond acceptors (Lipinski definition) is 5. The van der Waals surface area contributed by atoms with E-state index in [0.29, 0.717) is 12.3 Å². The Kier molecular flexibility index (Phi) is 4.59. The van der Waals surface area contributed by atoms with E-state index >= 15 is 0 Å². The van der Waals surface area contributed by atoms with Gasteiger partial charge in [0, 0.05) is 25.9 Å². The first kappa shape index (κ1) is 15.7. The van der Waals surface area contributed by atoms with Crippen molar-refractivity contribution in [2.45, 2.75) is 20.4 Å². The standard InChI is InChI=1S/C14H18N4O4/c1-9-5-15-18(6-9)8-11-4-12(16-22-11)13(19)17(3)7-10(2)14(20)21/h4-6,10H,7-8H2,1-3H3,(H,20,21). The molecule has 0 aromatic carbocycles. The molecular weight excluding hydrogens is 288 g/mol. The Morgan fingerprint density at radius 2 is 2.23 bits per heavy atom. The van der Waals surface area contributed by atoms with E-state index in [4.69, 9.17) is 9.63 Å². The zero-order valence-electron chi connectivity index (χ0n) is 12.7. The third kappa shape index (κ3) is 3.72. The molecular formula is C14H18N4O4. The Labute approximate surface area is 127 Å². The Bertz CT molecular complexity index is 676. The second-order valence-corrected chi connectivity index (χ2v) is 5.32.